The Hall–Kier alpha value is -3.40. The van der Waals surface area contributed by atoms with Crippen LogP contribution in [-0.4, -0.2) is 88.5 Å². The summed E-state index contributed by atoms with van der Waals surface area (Å²) >= 11 is 3.92. The minimum atomic E-state index is -1.35. The fraction of sp³-hybridized carbons (Fsp3) is 0.774. The molecule has 15 nitrogen and oxygen atoms in total. The third-order valence-corrected chi connectivity index (χ3v) is 7.46. The summed E-state index contributed by atoms with van der Waals surface area (Å²) in [5.41, 5.74) is 11.3. The molecule has 6 atom stereocenters. The Kier molecular flexibility index (Phi) is 19.9. The van der Waals surface area contributed by atoms with E-state index in [0.29, 0.717) is 12.8 Å². The summed E-state index contributed by atoms with van der Waals surface area (Å²) in [4.78, 5) is 89.0. The first kappa shape index (κ1) is 43.6. The third-order valence-electron chi connectivity index (χ3n) is 7.10. The van der Waals surface area contributed by atoms with Crippen molar-refractivity contribution in [1.82, 2.24) is 26.6 Å². The minimum Gasteiger partial charge on any atom is -0.480 e. The zero-order valence-electron chi connectivity index (χ0n) is 28.9. The second-order valence-electron chi connectivity index (χ2n) is 13.5. The lowest BCUT2D eigenvalue weighted by Crippen LogP contribution is -2.60. The van der Waals surface area contributed by atoms with Crippen LogP contribution in [0.3, 0.4) is 0 Å². The fourth-order valence-corrected chi connectivity index (χ4v) is 4.88. The smallest absolute Gasteiger partial charge is 0.327 e. The fourth-order valence-electron chi connectivity index (χ4n) is 4.64. The summed E-state index contributed by atoms with van der Waals surface area (Å²) in [5, 5.41) is 22.2. The van der Waals surface area contributed by atoms with Gasteiger partial charge in [0.25, 0.3) is 0 Å². The van der Waals surface area contributed by atoms with E-state index in [1.54, 1.807) is 13.8 Å². The van der Waals surface area contributed by atoms with E-state index >= 15 is 0 Å². The van der Waals surface area contributed by atoms with Crippen molar-refractivity contribution in [3.05, 3.63) is 0 Å². The maximum atomic E-state index is 13.6. The highest BCUT2D eigenvalue weighted by molar-refractivity contribution is 7.80. The van der Waals surface area contributed by atoms with Gasteiger partial charge in [-0.05, 0) is 49.4 Å². The van der Waals surface area contributed by atoms with Crippen molar-refractivity contribution < 1.29 is 38.7 Å². The predicted molar refractivity (Wildman–Crippen MR) is 181 cm³/mol. The Morgan fingerprint density at radius 1 is 0.596 bits per heavy atom. The number of nitrogens with two attached hydrogens (primary N) is 2. The molecule has 0 saturated heterocycles. The molecule has 270 valence electrons. The van der Waals surface area contributed by atoms with Gasteiger partial charge < -0.3 is 43.2 Å². The Morgan fingerprint density at radius 2 is 1.00 bits per heavy atom. The lowest BCUT2D eigenvalue weighted by molar-refractivity contribution is -0.141. The molecule has 0 rings (SSSR count). The number of carboxylic acids is 1. The van der Waals surface area contributed by atoms with Crippen LogP contribution in [-0.2, 0) is 33.6 Å². The molecule has 0 radical (unpaired) electrons. The molecule has 0 bridgehead atoms. The highest BCUT2D eigenvalue weighted by Crippen LogP contribution is 2.12. The zero-order valence-corrected chi connectivity index (χ0v) is 29.8. The summed E-state index contributed by atoms with van der Waals surface area (Å²) < 4.78 is 0. The van der Waals surface area contributed by atoms with Crippen molar-refractivity contribution in [2.75, 3.05) is 5.75 Å². The first-order valence-electron chi connectivity index (χ1n) is 16.1. The van der Waals surface area contributed by atoms with E-state index in [0.717, 1.165) is 0 Å². The van der Waals surface area contributed by atoms with Gasteiger partial charge in [0, 0.05) is 12.2 Å². The number of carbonyl (C=O) groups is 7. The molecule has 6 unspecified atom stereocenters. The molecule has 0 spiro atoms. The van der Waals surface area contributed by atoms with Crippen LogP contribution < -0.4 is 38.1 Å². The molecule has 0 aliphatic carbocycles. The number of carboxylic acid groups (broad SMARTS) is 1. The number of aliphatic carboxylic acids is 1. The molecule has 0 aliphatic heterocycles. The molecular weight excluding hydrogens is 630 g/mol. The first-order valence-corrected chi connectivity index (χ1v) is 16.7. The van der Waals surface area contributed by atoms with Crippen molar-refractivity contribution in [2.24, 2.45) is 35.1 Å². The Morgan fingerprint density at radius 3 is 1.40 bits per heavy atom. The van der Waals surface area contributed by atoms with Crippen molar-refractivity contribution in [3.63, 3.8) is 0 Å². The van der Waals surface area contributed by atoms with Gasteiger partial charge in [0.1, 0.15) is 30.2 Å². The Balaban J connectivity index is 6.03. The summed E-state index contributed by atoms with van der Waals surface area (Å²) in [6.07, 6.45) is 0.368. The predicted octanol–water partition coefficient (Wildman–Crippen LogP) is -0.188. The second kappa shape index (κ2) is 21.5. The van der Waals surface area contributed by atoms with Crippen LogP contribution in [0.1, 0.15) is 87.5 Å². The maximum Gasteiger partial charge on any atom is 0.327 e. The van der Waals surface area contributed by atoms with E-state index in [9.17, 15) is 38.7 Å². The lowest BCUT2D eigenvalue weighted by Gasteiger charge is -2.29. The van der Waals surface area contributed by atoms with Crippen LogP contribution >= 0.6 is 12.6 Å². The number of thiol groups is 1. The highest BCUT2D eigenvalue weighted by atomic mass is 32.1. The van der Waals surface area contributed by atoms with Crippen molar-refractivity contribution in [2.45, 2.75) is 124 Å². The molecule has 0 fully saturated rings. The van der Waals surface area contributed by atoms with Crippen molar-refractivity contribution in [1.29, 1.82) is 0 Å². The van der Waals surface area contributed by atoms with Gasteiger partial charge in [0.2, 0.25) is 35.4 Å². The quantitative estimate of drug-likeness (QED) is 0.0683. The van der Waals surface area contributed by atoms with E-state index in [4.69, 9.17) is 11.5 Å². The number of amides is 6. The largest absolute Gasteiger partial charge is 0.480 e. The van der Waals surface area contributed by atoms with Crippen LogP contribution in [0.2, 0.25) is 0 Å². The van der Waals surface area contributed by atoms with E-state index in [-0.39, 0.29) is 42.8 Å². The molecule has 6 amide bonds. The van der Waals surface area contributed by atoms with Crippen LogP contribution in [0.4, 0.5) is 0 Å². The number of hydrogen-bond donors (Lipinski definition) is 9. The third kappa shape index (κ3) is 17.4. The molecule has 0 aromatic carbocycles. The van der Waals surface area contributed by atoms with Gasteiger partial charge >= 0.3 is 5.97 Å². The highest BCUT2D eigenvalue weighted by Gasteiger charge is 2.34. The summed E-state index contributed by atoms with van der Waals surface area (Å²) in [5.74, 6) is -5.98. The number of hydrogen-bond acceptors (Lipinski definition) is 9. The van der Waals surface area contributed by atoms with Crippen molar-refractivity contribution >= 4 is 54.0 Å². The van der Waals surface area contributed by atoms with Gasteiger partial charge in [0.15, 0.2) is 0 Å². The lowest BCUT2D eigenvalue weighted by atomic mass is 9.97. The molecule has 0 saturated carbocycles. The van der Waals surface area contributed by atoms with Crippen LogP contribution in [0.5, 0.6) is 0 Å². The van der Waals surface area contributed by atoms with E-state index in [1.165, 1.54) is 0 Å². The number of primary amides is 1. The average Bonchev–Trinajstić information content (AvgIpc) is 2.93. The number of nitrogens with one attached hydrogen (secondary N) is 5. The monoisotopic (exact) mass is 687 g/mol. The number of rotatable bonds is 22. The molecular formula is C31H57N7O8S. The normalized spacial score (nSPS) is 15.3. The summed E-state index contributed by atoms with van der Waals surface area (Å²) in [6, 6.07) is -6.71. The van der Waals surface area contributed by atoms with E-state index in [2.05, 4.69) is 39.2 Å². The maximum absolute atomic E-state index is 13.6. The summed E-state index contributed by atoms with van der Waals surface area (Å²) in [6.45, 7) is 14.7. The van der Waals surface area contributed by atoms with Crippen molar-refractivity contribution in [3.8, 4) is 0 Å². The van der Waals surface area contributed by atoms with E-state index in [1.807, 2.05) is 41.5 Å². The van der Waals surface area contributed by atoms with Gasteiger partial charge in [-0.3, -0.25) is 28.8 Å². The second-order valence-corrected chi connectivity index (χ2v) is 13.9. The average molecular weight is 688 g/mol. The Bertz CT molecular complexity index is 1090. The van der Waals surface area contributed by atoms with Gasteiger partial charge in [0.05, 0.1) is 6.04 Å². The molecule has 47 heavy (non-hydrogen) atoms. The van der Waals surface area contributed by atoms with Crippen LogP contribution in [0.25, 0.3) is 0 Å². The molecule has 0 aromatic rings. The van der Waals surface area contributed by atoms with Gasteiger partial charge in [-0.2, -0.15) is 12.6 Å². The van der Waals surface area contributed by atoms with Gasteiger partial charge in [-0.25, -0.2) is 4.79 Å². The molecule has 0 aliphatic rings. The van der Waals surface area contributed by atoms with Crippen LogP contribution in [0, 0.1) is 23.7 Å². The minimum absolute atomic E-state index is 0.0241. The molecule has 10 N–H and O–H groups in total. The molecule has 16 heteroatoms. The molecule has 0 heterocycles. The SMILES string of the molecule is CC(C)CC(N)C(=O)NC(CC(C)C)C(=O)NC(C(=O)NC(CC(C)C)C(=O)NC(CCC(N)=O)C(=O)NC(CS)C(=O)O)C(C)C. The Labute approximate surface area is 283 Å². The standard InChI is InChI=1S/C31H57N7O8S/c1-15(2)11-19(32)26(40)35-22(13-17(5)6)29(43)38-25(18(7)8)30(44)36-21(12-16(3)4)28(42)34-20(9-10-24(33)39)27(41)37-23(14-47)31(45)46/h15-23,25,47H,9-14,32H2,1-8H3,(H2,33,39)(H,34,42)(H,35,40)(H,36,44)(H,37,41)(H,38,43)(H,45,46). The first-order chi connectivity index (χ1) is 21.7. The summed E-state index contributed by atoms with van der Waals surface area (Å²) in [7, 11) is 0. The van der Waals surface area contributed by atoms with Gasteiger partial charge in [-0.1, -0.05) is 55.4 Å². The number of carbonyl (C=O) groups excluding carboxylic acids is 6. The topological polar surface area (TPSA) is 252 Å². The zero-order chi connectivity index (χ0) is 36.6. The van der Waals surface area contributed by atoms with E-state index < -0.39 is 83.6 Å². The molecule has 0 aromatic heterocycles. The van der Waals surface area contributed by atoms with Gasteiger partial charge in [-0.15, -0.1) is 0 Å². The van der Waals surface area contributed by atoms with Crippen LogP contribution in [0.15, 0.2) is 0 Å².